The third kappa shape index (κ3) is 5.07. The quantitative estimate of drug-likeness (QED) is 0.313. The van der Waals surface area contributed by atoms with Gasteiger partial charge in [0.25, 0.3) is 0 Å². The van der Waals surface area contributed by atoms with Crippen LogP contribution in [0.3, 0.4) is 0 Å². The minimum absolute atomic E-state index is 0.000559. The van der Waals surface area contributed by atoms with Crippen LogP contribution in [-0.4, -0.2) is 0 Å². The summed E-state index contributed by atoms with van der Waals surface area (Å²) in [6.07, 6.45) is 11.3. The van der Waals surface area contributed by atoms with Gasteiger partial charge in [-0.3, -0.25) is 0 Å². The molecule has 2 aliphatic rings. The van der Waals surface area contributed by atoms with Crippen LogP contribution in [0.25, 0.3) is 0 Å². The van der Waals surface area contributed by atoms with E-state index < -0.39 is 22.0 Å². The van der Waals surface area contributed by atoms with Crippen LogP contribution in [0.1, 0.15) is 88.2 Å². The van der Waals surface area contributed by atoms with Crippen LogP contribution in [0.2, 0.25) is 0 Å². The molecular weight excluding hydrogens is 420 g/mol. The summed E-state index contributed by atoms with van der Waals surface area (Å²) < 4.78 is 55.4. The summed E-state index contributed by atoms with van der Waals surface area (Å²) in [5, 5.41) is 0. The van der Waals surface area contributed by atoms with Gasteiger partial charge in [0.1, 0.15) is 11.6 Å². The predicted molar refractivity (Wildman–Crippen MR) is 104 cm³/mol. The second-order valence-corrected chi connectivity index (χ2v) is 9.53. The molecule has 152 valence electrons. The molecule has 0 nitrogen and oxygen atoms in total. The Labute approximate surface area is 168 Å². The lowest BCUT2D eigenvalue weighted by Gasteiger charge is -2.38. The maximum absolute atomic E-state index is 14.4. The van der Waals surface area contributed by atoms with Crippen molar-refractivity contribution in [1.29, 1.82) is 0 Å². The summed E-state index contributed by atoms with van der Waals surface area (Å²) in [4.78, 5) is -3.42. The van der Waals surface area contributed by atoms with Crippen molar-refractivity contribution in [2.75, 3.05) is 0 Å². The molecule has 0 saturated heterocycles. The second-order valence-electron chi connectivity index (χ2n) is 8.53. The molecule has 27 heavy (non-hydrogen) atoms. The van der Waals surface area contributed by atoms with Gasteiger partial charge in [-0.05, 0) is 90.3 Å². The Morgan fingerprint density at radius 1 is 0.889 bits per heavy atom. The minimum Gasteiger partial charge on any atom is -0.207 e. The van der Waals surface area contributed by atoms with Gasteiger partial charge >= 0.3 is 4.83 Å². The van der Waals surface area contributed by atoms with Gasteiger partial charge in [0.2, 0.25) is 0 Å². The topological polar surface area (TPSA) is 0 Å². The van der Waals surface area contributed by atoms with Gasteiger partial charge in [0, 0.05) is 11.1 Å². The SMILES string of the molecule is CCC[C@H]1CC[C@H]([C@H]2CC[C@H](c3c(F)cc(C(F)(F)Br)cc3F)CC2)CC1. The monoisotopic (exact) mass is 448 g/mol. The Hall–Kier alpha value is -0.580. The Kier molecular flexibility index (Phi) is 6.92. The first kappa shape index (κ1) is 21.1. The van der Waals surface area contributed by atoms with E-state index in [-0.39, 0.29) is 11.5 Å². The van der Waals surface area contributed by atoms with Gasteiger partial charge < -0.3 is 0 Å². The van der Waals surface area contributed by atoms with Crippen molar-refractivity contribution >= 4 is 15.9 Å². The fraction of sp³-hybridized carbons (Fsp3) is 0.727. The summed E-state index contributed by atoms with van der Waals surface area (Å²) in [5.74, 6) is 0.414. The molecular formula is C22H29BrF4. The van der Waals surface area contributed by atoms with E-state index in [2.05, 4.69) is 22.9 Å². The van der Waals surface area contributed by atoms with Crippen molar-refractivity contribution in [3.05, 3.63) is 34.9 Å². The number of halogens is 5. The van der Waals surface area contributed by atoms with Crippen LogP contribution in [0.15, 0.2) is 12.1 Å². The largest absolute Gasteiger partial charge is 0.326 e. The normalized spacial score (nSPS) is 29.7. The lowest BCUT2D eigenvalue weighted by Crippen LogP contribution is -2.26. The van der Waals surface area contributed by atoms with Crippen LogP contribution in [-0.2, 0) is 4.83 Å². The van der Waals surface area contributed by atoms with E-state index in [1.165, 1.54) is 38.5 Å². The smallest absolute Gasteiger partial charge is 0.207 e. The number of hydrogen-bond acceptors (Lipinski definition) is 0. The summed E-state index contributed by atoms with van der Waals surface area (Å²) in [6.45, 7) is 2.25. The zero-order valence-electron chi connectivity index (χ0n) is 15.9. The van der Waals surface area contributed by atoms with Gasteiger partial charge in [-0.2, -0.15) is 8.78 Å². The molecule has 5 heteroatoms. The molecule has 1 aromatic carbocycles. The van der Waals surface area contributed by atoms with Crippen LogP contribution >= 0.6 is 15.9 Å². The summed E-state index contributed by atoms with van der Waals surface area (Å²) in [7, 11) is 0. The van der Waals surface area contributed by atoms with Crippen LogP contribution in [0.4, 0.5) is 17.6 Å². The maximum Gasteiger partial charge on any atom is 0.326 e. The van der Waals surface area contributed by atoms with Crippen molar-refractivity contribution in [2.45, 2.75) is 81.9 Å². The van der Waals surface area contributed by atoms with Gasteiger partial charge in [-0.1, -0.05) is 32.6 Å². The molecule has 0 radical (unpaired) electrons. The summed E-state index contributed by atoms with van der Waals surface area (Å²) >= 11 is 2.17. The number of benzene rings is 1. The molecule has 2 aliphatic carbocycles. The molecule has 0 aliphatic heterocycles. The Balaban J connectivity index is 1.60. The highest BCUT2D eigenvalue weighted by Gasteiger charge is 2.34. The third-order valence-corrected chi connectivity index (χ3v) is 7.30. The van der Waals surface area contributed by atoms with Crippen molar-refractivity contribution < 1.29 is 17.6 Å². The molecule has 2 fully saturated rings. The van der Waals surface area contributed by atoms with E-state index in [9.17, 15) is 17.6 Å². The lowest BCUT2D eigenvalue weighted by atomic mass is 9.68. The average molecular weight is 449 g/mol. The third-order valence-electron chi connectivity index (χ3n) is 6.84. The Morgan fingerprint density at radius 2 is 1.37 bits per heavy atom. The molecule has 0 amide bonds. The van der Waals surface area contributed by atoms with Gasteiger partial charge in [0.05, 0.1) is 0 Å². The second kappa shape index (κ2) is 8.84. The Morgan fingerprint density at radius 3 is 1.81 bits per heavy atom. The van der Waals surface area contributed by atoms with E-state index in [0.29, 0.717) is 5.92 Å². The maximum atomic E-state index is 14.4. The van der Waals surface area contributed by atoms with E-state index in [4.69, 9.17) is 0 Å². The fourth-order valence-corrected chi connectivity index (χ4v) is 5.60. The van der Waals surface area contributed by atoms with Crippen LogP contribution in [0, 0.1) is 29.4 Å². The minimum atomic E-state index is -3.42. The van der Waals surface area contributed by atoms with Crippen molar-refractivity contribution in [3.63, 3.8) is 0 Å². The molecule has 0 spiro atoms. The van der Waals surface area contributed by atoms with Gasteiger partial charge in [-0.25, -0.2) is 8.78 Å². The molecule has 0 heterocycles. The average Bonchev–Trinajstić information content (AvgIpc) is 2.62. The standard InChI is InChI=1S/C22H29BrF4/c1-2-3-14-4-6-15(7-5-14)16-8-10-17(11-9-16)21-19(24)12-18(13-20(21)25)22(23,26)27/h12-17H,2-11H2,1H3/t14-,15-,16-,17-. The molecule has 0 N–H and O–H groups in total. The predicted octanol–water partition coefficient (Wildman–Crippen LogP) is 8.29. The number of alkyl halides is 3. The summed E-state index contributed by atoms with van der Waals surface area (Å²) in [5.41, 5.74) is -0.667. The molecule has 1 aromatic rings. The van der Waals surface area contributed by atoms with Gasteiger partial charge in [-0.15, -0.1) is 0 Å². The summed E-state index contributed by atoms with van der Waals surface area (Å²) in [6, 6.07) is 1.54. The van der Waals surface area contributed by atoms with E-state index in [0.717, 1.165) is 49.7 Å². The van der Waals surface area contributed by atoms with E-state index in [1.807, 2.05) is 0 Å². The molecule has 3 rings (SSSR count). The van der Waals surface area contributed by atoms with Crippen molar-refractivity contribution in [3.8, 4) is 0 Å². The zero-order valence-corrected chi connectivity index (χ0v) is 17.5. The number of rotatable bonds is 5. The first-order valence-electron chi connectivity index (χ1n) is 10.4. The molecule has 0 aromatic heterocycles. The fourth-order valence-electron chi connectivity index (χ4n) is 5.37. The van der Waals surface area contributed by atoms with Crippen molar-refractivity contribution in [1.82, 2.24) is 0 Å². The highest BCUT2D eigenvalue weighted by molar-refractivity contribution is 9.09. The van der Waals surface area contributed by atoms with Crippen LogP contribution in [0.5, 0.6) is 0 Å². The van der Waals surface area contributed by atoms with Crippen LogP contribution < -0.4 is 0 Å². The molecule has 0 bridgehead atoms. The Bertz CT molecular complexity index is 601. The first-order valence-corrected chi connectivity index (χ1v) is 11.1. The first-order chi connectivity index (χ1) is 12.8. The van der Waals surface area contributed by atoms with Crippen molar-refractivity contribution in [2.24, 2.45) is 17.8 Å². The van der Waals surface area contributed by atoms with Gasteiger partial charge in [0.15, 0.2) is 0 Å². The number of hydrogen-bond donors (Lipinski definition) is 0. The molecule has 2 saturated carbocycles. The highest BCUT2D eigenvalue weighted by atomic mass is 79.9. The van der Waals surface area contributed by atoms with E-state index >= 15 is 0 Å². The molecule has 0 atom stereocenters. The molecule has 0 unspecified atom stereocenters. The zero-order chi connectivity index (χ0) is 19.6. The van der Waals surface area contributed by atoms with E-state index in [1.54, 1.807) is 0 Å². The highest BCUT2D eigenvalue weighted by Crippen LogP contribution is 2.46. The lowest BCUT2D eigenvalue weighted by molar-refractivity contribution is 0.113.